The van der Waals surface area contributed by atoms with Crippen LogP contribution >= 0.6 is 0 Å². The largest absolute Gasteiger partial charge is 0.416 e. The van der Waals surface area contributed by atoms with Crippen molar-refractivity contribution in [2.75, 3.05) is 12.3 Å². The van der Waals surface area contributed by atoms with E-state index in [0.717, 1.165) is 17.7 Å². The van der Waals surface area contributed by atoms with Gasteiger partial charge in [-0.25, -0.2) is 18.4 Å². The molecule has 0 atom stereocenters. The SMILES string of the molecule is Nc1ncnc2c1CCN(S(=O)(=O)Cc1ccc(C(F)(F)F)cc1)C2. The van der Waals surface area contributed by atoms with Crippen LogP contribution in [0.1, 0.15) is 22.4 Å². The molecule has 25 heavy (non-hydrogen) atoms. The summed E-state index contributed by atoms with van der Waals surface area (Å²) in [4.78, 5) is 7.95. The smallest absolute Gasteiger partial charge is 0.383 e. The van der Waals surface area contributed by atoms with E-state index in [1.807, 2.05) is 0 Å². The highest BCUT2D eigenvalue weighted by molar-refractivity contribution is 7.88. The number of aromatic nitrogens is 2. The summed E-state index contributed by atoms with van der Waals surface area (Å²) in [6.07, 6.45) is -2.78. The summed E-state index contributed by atoms with van der Waals surface area (Å²) in [5.41, 5.74) is 6.53. The topological polar surface area (TPSA) is 89.2 Å². The maximum absolute atomic E-state index is 12.6. The van der Waals surface area contributed by atoms with E-state index >= 15 is 0 Å². The summed E-state index contributed by atoms with van der Waals surface area (Å²) in [5, 5.41) is 0. The van der Waals surface area contributed by atoms with Gasteiger partial charge in [0.05, 0.1) is 23.6 Å². The zero-order valence-electron chi connectivity index (χ0n) is 13.0. The first-order valence-electron chi connectivity index (χ1n) is 7.39. The third kappa shape index (κ3) is 3.74. The molecule has 0 aliphatic carbocycles. The number of anilines is 1. The number of hydrogen-bond acceptors (Lipinski definition) is 5. The molecule has 0 radical (unpaired) electrons. The number of halogens is 3. The van der Waals surface area contributed by atoms with E-state index in [1.54, 1.807) is 0 Å². The fraction of sp³-hybridized carbons (Fsp3) is 0.333. The van der Waals surface area contributed by atoms with Crippen molar-refractivity contribution in [3.05, 3.63) is 53.0 Å². The number of fused-ring (bicyclic) bond motifs is 1. The molecule has 0 amide bonds. The number of nitrogens with two attached hydrogens (primary N) is 1. The first-order chi connectivity index (χ1) is 11.7. The molecule has 0 saturated heterocycles. The second kappa shape index (κ2) is 6.26. The van der Waals surface area contributed by atoms with Crippen molar-refractivity contribution in [2.24, 2.45) is 0 Å². The van der Waals surface area contributed by atoms with Gasteiger partial charge in [-0.2, -0.15) is 17.5 Å². The quantitative estimate of drug-likeness (QED) is 0.890. The number of nitrogen functional groups attached to an aromatic ring is 1. The highest BCUT2D eigenvalue weighted by atomic mass is 32.2. The molecule has 1 aliphatic heterocycles. The van der Waals surface area contributed by atoms with E-state index in [-0.39, 0.29) is 18.8 Å². The summed E-state index contributed by atoms with van der Waals surface area (Å²) in [6.45, 7) is 0.304. The first kappa shape index (κ1) is 17.6. The van der Waals surface area contributed by atoms with Crippen molar-refractivity contribution >= 4 is 15.8 Å². The van der Waals surface area contributed by atoms with E-state index < -0.39 is 21.8 Å². The lowest BCUT2D eigenvalue weighted by molar-refractivity contribution is -0.137. The lowest BCUT2D eigenvalue weighted by atomic mass is 10.1. The van der Waals surface area contributed by atoms with Crippen LogP contribution in [0.5, 0.6) is 0 Å². The van der Waals surface area contributed by atoms with Crippen LogP contribution < -0.4 is 5.73 Å². The Morgan fingerprint density at radius 3 is 2.48 bits per heavy atom. The number of benzene rings is 1. The molecular weight excluding hydrogens is 357 g/mol. The van der Waals surface area contributed by atoms with Crippen LogP contribution in [0.15, 0.2) is 30.6 Å². The molecule has 3 rings (SSSR count). The summed E-state index contributed by atoms with van der Waals surface area (Å²) in [7, 11) is -3.69. The molecular formula is C15H15F3N4O2S. The molecule has 134 valence electrons. The number of hydrogen-bond donors (Lipinski definition) is 1. The Morgan fingerprint density at radius 2 is 1.84 bits per heavy atom. The molecule has 2 N–H and O–H groups in total. The molecule has 6 nitrogen and oxygen atoms in total. The normalized spacial score (nSPS) is 15.8. The minimum absolute atomic E-state index is 0.0744. The van der Waals surface area contributed by atoms with E-state index in [9.17, 15) is 21.6 Å². The van der Waals surface area contributed by atoms with Crippen molar-refractivity contribution in [1.29, 1.82) is 0 Å². The minimum Gasteiger partial charge on any atom is -0.383 e. The van der Waals surface area contributed by atoms with Crippen LogP contribution in [-0.2, 0) is 34.9 Å². The fourth-order valence-corrected chi connectivity index (χ4v) is 4.17. The van der Waals surface area contributed by atoms with E-state index in [4.69, 9.17) is 5.73 Å². The molecule has 0 bridgehead atoms. The highest BCUT2D eigenvalue weighted by Gasteiger charge is 2.31. The molecule has 0 spiro atoms. The maximum atomic E-state index is 12.6. The van der Waals surface area contributed by atoms with Crippen LogP contribution in [0.2, 0.25) is 0 Å². The molecule has 1 aromatic carbocycles. The van der Waals surface area contributed by atoms with Gasteiger partial charge in [0, 0.05) is 12.1 Å². The summed E-state index contributed by atoms with van der Waals surface area (Å²) < 4.78 is 64.1. The lowest BCUT2D eigenvalue weighted by Gasteiger charge is -2.27. The van der Waals surface area contributed by atoms with E-state index in [1.165, 1.54) is 22.8 Å². The van der Waals surface area contributed by atoms with Crippen LogP contribution in [0, 0.1) is 0 Å². The molecule has 10 heteroatoms. The standard InChI is InChI=1S/C15H15F3N4O2S/c16-15(17,18)11-3-1-10(2-4-11)8-25(23,24)22-6-5-12-13(7-22)20-9-21-14(12)19/h1-4,9H,5-8H2,(H2,19,20,21). The van der Waals surface area contributed by atoms with Gasteiger partial charge in [-0.05, 0) is 24.1 Å². The van der Waals surface area contributed by atoms with Gasteiger partial charge in [-0.1, -0.05) is 12.1 Å². The fourth-order valence-electron chi connectivity index (χ4n) is 2.68. The predicted molar refractivity (Wildman–Crippen MR) is 84.6 cm³/mol. The zero-order chi connectivity index (χ0) is 18.2. The van der Waals surface area contributed by atoms with Crippen molar-refractivity contribution < 1.29 is 21.6 Å². The third-order valence-electron chi connectivity index (χ3n) is 4.03. The number of sulfonamides is 1. The van der Waals surface area contributed by atoms with Crippen LogP contribution in [0.3, 0.4) is 0 Å². The van der Waals surface area contributed by atoms with Gasteiger partial charge in [0.2, 0.25) is 10.0 Å². The monoisotopic (exact) mass is 372 g/mol. The lowest BCUT2D eigenvalue weighted by Crippen LogP contribution is -2.37. The molecule has 2 heterocycles. The Kier molecular flexibility index (Phi) is 4.41. The Morgan fingerprint density at radius 1 is 1.16 bits per heavy atom. The van der Waals surface area contributed by atoms with Crippen LogP contribution in [0.25, 0.3) is 0 Å². The molecule has 2 aromatic rings. The van der Waals surface area contributed by atoms with Gasteiger partial charge in [0.25, 0.3) is 0 Å². The van der Waals surface area contributed by atoms with Crippen molar-refractivity contribution in [3.63, 3.8) is 0 Å². The predicted octanol–water partition coefficient (Wildman–Crippen LogP) is 1.97. The summed E-state index contributed by atoms with van der Waals surface area (Å²) in [5.74, 6) is -0.0362. The molecule has 0 unspecified atom stereocenters. The maximum Gasteiger partial charge on any atom is 0.416 e. The Hall–Kier alpha value is -2.20. The zero-order valence-corrected chi connectivity index (χ0v) is 13.8. The van der Waals surface area contributed by atoms with Gasteiger partial charge in [-0.3, -0.25) is 0 Å². The second-order valence-corrected chi connectivity index (χ2v) is 7.69. The summed E-state index contributed by atoms with van der Waals surface area (Å²) in [6, 6.07) is 4.12. The summed E-state index contributed by atoms with van der Waals surface area (Å²) >= 11 is 0. The van der Waals surface area contributed by atoms with Gasteiger partial charge in [0.15, 0.2) is 0 Å². The van der Waals surface area contributed by atoms with Gasteiger partial charge in [0.1, 0.15) is 12.1 Å². The second-order valence-electron chi connectivity index (χ2n) is 5.72. The Balaban J connectivity index is 1.77. The third-order valence-corrected chi connectivity index (χ3v) is 5.83. The molecule has 0 saturated carbocycles. The van der Waals surface area contributed by atoms with Gasteiger partial charge < -0.3 is 5.73 Å². The number of nitrogens with zero attached hydrogens (tertiary/aromatic N) is 3. The van der Waals surface area contributed by atoms with Gasteiger partial charge >= 0.3 is 6.18 Å². The minimum atomic E-state index is -4.45. The molecule has 1 aliphatic rings. The first-order valence-corrected chi connectivity index (χ1v) is 9.00. The van der Waals surface area contributed by atoms with Crippen molar-refractivity contribution in [3.8, 4) is 0 Å². The van der Waals surface area contributed by atoms with Gasteiger partial charge in [-0.15, -0.1) is 0 Å². The van der Waals surface area contributed by atoms with Crippen LogP contribution in [-0.4, -0.2) is 29.2 Å². The number of alkyl halides is 3. The van der Waals surface area contributed by atoms with E-state index in [2.05, 4.69) is 9.97 Å². The van der Waals surface area contributed by atoms with Crippen molar-refractivity contribution in [2.45, 2.75) is 24.9 Å². The Labute approximate surface area is 142 Å². The van der Waals surface area contributed by atoms with Crippen LogP contribution in [0.4, 0.5) is 19.0 Å². The number of rotatable bonds is 3. The average Bonchev–Trinajstić information content (AvgIpc) is 2.54. The van der Waals surface area contributed by atoms with E-state index in [0.29, 0.717) is 23.5 Å². The molecule has 0 fully saturated rings. The molecule has 1 aromatic heterocycles. The average molecular weight is 372 g/mol. The van der Waals surface area contributed by atoms with Crippen molar-refractivity contribution in [1.82, 2.24) is 14.3 Å². The highest BCUT2D eigenvalue weighted by Crippen LogP contribution is 2.30. The Bertz CT molecular complexity index is 883.